The maximum absolute atomic E-state index is 12.5. The molecule has 5 nitrogen and oxygen atoms in total. The van der Waals surface area contributed by atoms with Crippen LogP contribution in [0.5, 0.6) is 0 Å². The number of nitrogens with zero attached hydrogens (tertiary/aromatic N) is 1. The van der Waals surface area contributed by atoms with E-state index in [1.165, 1.54) is 5.56 Å². The summed E-state index contributed by atoms with van der Waals surface area (Å²) in [5.41, 5.74) is 2.94. The Kier molecular flexibility index (Phi) is 4.30. The van der Waals surface area contributed by atoms with Gasteiger partial charge in [0.1, 0.15) is 5.60 Å². The number of benzene rings is 2. The Balaban J connectivity index is 1.26. The quantitative estimate of drug-likeness (QED) is 0.804. The van der Waals surface area contributed by atoms with Gasteiger partial charge in [0.15, 0.2) is 0 Å². The van der Waals surface area contributed by atoms with Gasteiger partial charge in [-0.3, -0.25) is 4.79 Å². The molecule has 1 unspecified atom stereocenters. The molecule has 30 heavy (non-hydrogen) atoms. The molecule has 3 fully saturated rings. The molecule has 2 aromatic carbocycles. The number of amides is 1. The molecule has 0 radical (unpaired) electrons. The third kappa shape index (κ3) is 3.21. The number of likely N-dealkylation sites (tertiary alicyclic amines) is 1. The van der Waals surface area contributed by atoms with Crippen LogP contribution in [0.25, 0.3) is 11.1 Å². The van der Waals surface area contributed by atoms with Crippen LogP contribution in [0.15, 0.2) is 48.5 Å². The first-order chi connectivity index (χ1) is 14.3. The first-order valence-corrected chi connectivity index (χ1v) is 10.8. The number of piperidine rings is 1. The van der Waals surface area contributed by atoms with Crippen LogP contribution < -0.4 is 0 Å². The van der Waals surface area contributed by atoms with E-state index in [1.807, 2.05) is 17.0 Å². The van der Waals surface area contributed by atoms with Crippen LogP contribution in [0.2, 0.25) is 0 Å². The van der Waals surface area contributed by atoms with Crippen LogP contribution in [-0.2, 0) is 4.79 Å². The van der Waals surface area contributed by atoms with E-state index in [-0.39, 0.29) is 17.4 Å². The fourth-order valence-electron chi connectivity index (χ4n) is 5.30. The Hall–Kier alpha value is -2.66. The number of carboxylic acid groups (broad SMARTS) is 1. The molecule has 0 aromatic heterocycles. The summed E-state index contributed by atoms with van der Waals surface area (Å²) < 4.78 is 0. The van der Waals surface area contributed by atoms with Crippen molar-refractivity contribution in [2.45, 2.75) is 56.6 Å². The lowest BCUT2D eigenvalue weighted by atomic mass is 9.84. The molecule has 3 aliphatic rings. The first-order valence-electron chi connectivity index (χ1n) is 10.8. The number of carbonyl (C=O) groups excluding carboxylic acids is 1. The fourth-order valence-corrected chi connectivity index (χ4v) is 5.30. The van der Waals surface area contributed by atoms with Crippen LogP contribution in [0.1, 0.15) is 60.9 Å². The minimum atomic E-state index is -1.07. The Morgan fingerprint density at radius 2 is 1.53 bits per heavy atom. The van der Waals surface area contributed by atoms with E-state index in [1.54, 1.807) is 12.1 Å². The second-order valence-electron chi connectivity index (χ2n) is 9.46. The van der Waals surface area contributed by atoms with Crippen LogP contribution in [-0.4, -0.2) is 45.2 Å². The lowest BCUT2D eigenvalue weighted by molar-refractivity contribution is -0.146. The Morgan fingerprint density at radius 1 is 0.933 bits per heavy atom. The summed E-state index contributed by atoms with van der Waals surface area (Å²) in [6.07, 6.45) is 4.37. The highest BCUT2D eigenvalue weighted by Crippen LogP contribution is 2.66. The van der Waals surface area contributed by atoms with Gasteiger partial charge < -0.3 is 15.1 Å². The maximum atomic E-state index is 12.5. The smallest absolute Gasteiger partial charge is 0.335 e. The van der Waals surface area contributed by atoms with Gasteiger partial charge in [0.05, 0.1) is 5.56 Å². The van der Waals surface area contributed by atoms with Crippen LogP contribution in [0, 0.1) is 5.41 Å². The number of hydrogen-bond acceptors (Lipinski definition) is 3. The molecule has 2 saturated carbocycles. The number of carboxylic acids is 1. The maximum Gasteiger partial charge on any atom is 0.335 e. The minimum Gasteiger partial charge on any atom is -0.478 e. The molecule has 1 heterocycles. The van der Waals surface area contributed by atoms with Crippen molar-refractivity contribution in [2.24, 2.45) is 5.41 Å². The van der Waals surface area contributed by atoms with E-state index < -0.39 is 11.6 Å². The Bertz CT molecular complexity index is 993. The van der Waals surface area contributed by atoms with Gasteiger partial charge >= 0.3 is 5.97 Å². The molecule has 2 N–H and O–H groups in total. The molecular formula is C25H27NO4. The summed E-state index contributed by atoms with van der Waals surface area (Å²) in [4.78, 5) is 25.5. The van der Waals surface area contributed by atoms with Crippen molar-refractivity contribution >= 4 is 11.9 Å². The van der Waals surface area contributed by atoms with Crippen molar-refractivity contribution < 1.29 is 19.8 Å². The molecule has 1 amide bonds. The highest BCUT2D eigenvalue weighted by atomic mass is 16.4. The summed E-state index contributed by atoms with van der Waals surface area (Å²) in [7, 11) is 0. The largest absolute Gasteiger partial charge is 0.478 e. The number of hydrogen-bond donors (Lipinski definition) is 2. The predicted molar refractivity (Wildman–Crippen MR) is 113 cm³/mol. The molecule has 1 spiro atoms. The van der Waals surface area contributed by atoms with E-state index in [4.69, 9.17) is 5.11 Å². The van der Waals surface area contributed by atoms with E-state index >= 15 is 0 Å². The molecule has 1 saturated heterocycles. The minimum absolute atomic E-state index is 0.0691. The molecule has 5 heteroatoms. The van der Waals surface area contributed by atoms with Crippen molar-refractivity contribution in [1.29, 1.82) is 0 Å². The van der Waals surface area contributed by atoms with Crippen LogP contribution >= 0.6 is 0 Å². The van der Waals surface area contributed by atoms with Gasteiger partial charge in [-0.25, -0.2) is 4.79 Å². The van der Waals surface area contributed by atoms with E-state index in [0.717, 1.165) is 36.9 Å². The van der Waals surface area contributed by atoms with Crippen LogP contribution in [0.3, 0.4) is 0 Å². The molecule has 2 aliphatic carbocycles. The SMILES string of the molecule is C[C@H]1CC2(CCN1C(=O)C1(O)CC1)C[C@@H]2c1ccc(-c2ccc(C(=O)O)cc2)cc1. The average Bonchev–Trinajstić information content (AvgIpc) is 3.66. The number of aliphatic hydroxyl groups is 1. The fraction of sp³-hybridized carbons (Fsp3) is 0.440. The monoisotopic (exact) mass is 405 g/mol. The second kappa shape index (κ2) is 6.67. The third-order valence-corrected chi connectivity index (χ3v) is 7.44. The van der Waals surface area contributed by atoms with E-state index in [9.17, 15) is 14.7 Å². The summed E-state index contributed by atoms with van der Waals surface area (Å²) in [5, 5.41) is 19.2. The lowest BCUT2D eigenvalue weighted by Gasteiger charge is -2.40. The average molecular weight is 405 g/mol. The molecule has 156 valence electrons. The molecule has 0 bridgehead atoms. The van der Waals surface area contributed by atoms with Crippen molar-refractivity contribution in [2.75, 3.05) is 6.54 Å². The van der Waals surface area contributed by atoms with Gasteiger partial charge in [-0.15, -0.1) is 0 Å². The summed E-state index contributed by atoms with van der Waals surface area (Å²) in [5.74, 6) is -0.450. The number of rotatable bonds is 4. The zero-order chi connectivity index (χ0) is 21.1. The number of carbonyl (C=O) groups is 2. The Morgan fingerprint density at radius 3 is 2.07 bits per heavy atom. The highest BCUT2D eigenvalue weighted by Gasteiger charge is 2.59. The van der Waals surface area contributed by atoms with Crippen LogP contribution in [0.4, 0.5) is 0 Å². The summed E-state index contributed by atoms with van der Waals surface area (Å²) >= 11 is 0. The molecule has 5 rings (SSSR count). The summed E-state index contributed by atoms with van der Waals surface area (Å²) in [6, 6.07) is 15.7. The zero-order valence-corrected chi connectivity index (χ0v) is 17.2. The Labute approximate surface area is 176 Å². The second-order valence-corrected chi connectivity index (χ2v) is 9.46. The van der Waals surface area contributed by atoms with Gasteiger partial charge in [-0.2, -0.15) is 0 Å². The van der Waals surface area contributed by atoms with E-state index in [0.29, 0.717) is 24.3 Å². The highest BCUT2D eigenvalue weighted by molar-refractivity contribution is 5.88. The van der Waals surface area contributed by atoms with Gasteiger partial charge in [0.2, 0.25) is 0 Å². The lowest BCUT2D eigenvalue weighted by Crippen LogP contribution is -2.50. The topological polar surface area (TPSA) is 77.8 Å². The van der Waals surface area contributed by atoms with Crippen molar-refractivity contribution in [1.82, 2.24) is 4.90 Å². The van der Waals surface area contributed by atoms with Gasteiger partial charge in [-0.05, 0) is 79.2 Å². The predicted octanol–water partition coefficient (Wildman–Crippen LogP) is 4.06. The molecule has 3 atom stereocenters. The number of aromatic carboxylic acids is 1. The standard InChI is InChI=1S/C25H27NO4/c1-16-14-24(12-13-26(16)23(29)25(30)10-11-25)15-21(24)19-6-2-17(3-7-19)18-4-8-20(9-5-18)22(27)28/h2-9,16,21,30H,10-15H2,1H3,(H,27,28)/t16-,21+,24?/m0/s1. The van der Waals surface area contributed by atoms with Gasteiger partial charge in [0, 0.05) is 12.6 Å². The molecule has 1 aliphatic heterocycles. The third-order valence-electron chi connectivity index (χ3n) is 7.44. The summed E-state index contributed by atoms with van der Waals surface area (Å²) in [6.45, 7) is 2.86. The first kappa shape index (κ1) is 19.3. The van der Waals surface area contributed by atoms with Crippen molar-refractivity contribution in [3.05, 3.63) is 59.7 Å². The molecular weight excluding hydrogens is 378 g/mol. The van der Waals surface area contributed by atoms with E-state index in [2.05, 4.69) is 31.2 Å². The van der Waals surface area contributed by atoms with Gasteiger partial charge in [-0.1, -0.05) is 36.4 Å². The van der Waals surface area contributed by atoms with Crippen molar-refractivity contribution in [3.63, 3.8) is 0 Å². The van der Waals surface area contributed by atoms with Gasteiger partial charge in [0.25, 0.3) is 5.91 Å². The van der Waals surface area contributed by atoms with Crippen molar-refractivity contribution in [3.8, 4) is 11.1 Å². The molecule has 2 aromatic rings. The normalized spacial score (nSPS) is 28.9. The zero-order valence-electron chi connectivity index (χ0n) is 17.2.